The molecule has 0 aliphatic heterocycles. The van der Waals surface area contributed by atoms with Crippen LogP contribution < -0.4 is 14.8 Å². The second-order valence-electron chi connectivity index (χ2n) is 5.94. The fourth-order valence-corrected chi connectivity index (χ4v) is 2.25. The van der Waals surface area contributed by atoms with Crippen molar-refractivity contribution in [2.75, 3.05) is 54.1 Å². The molecule has 0 saturated heterocycles. The van der Waals surface area contributed by atoms with E-state index >= 15 is 0 Å². The van der Waals surface area contributed by atoms with Gasteiger partial charge in [-0.2, -0.15) is 0 Å². The van der Waals surface area contributed by atoms with Crippen molar-refractivity contribution in [3.63, 3.8) is 0 Å². The Bertz CT molecular complexity index is 524. The first-order valence-electron chi connectivity index (χ1n) is 8.49. The lowest BCUT2D eigenvalue weighted by atomic mass is 10.3. The number of halogens is 1. The van der Waals surface area contributed by atoms with E-state index in [0.717, 1.165) is 43.1 Å². The van der Waals surface area contributed by atoms with Crippen LogP contribution in [0.25, 0.3) is 0 Å². The van der Waals surface area contributed by atoms with Gasteiger partial charge in [0, 0.05) is 33.3 Å². The fraction of sp³-hybridized carbons (Fsp3) is 0.611. The maximum Gasteiger partial charge on any atom is 0.193 e. The van der Waals surface area contributed by atoms with Crippen LogP contribution in [0.15, 0.2) is 29.3 Å². The molecule has 1 fully saturated rings. The van der Waals surface area contributed by atoms with Crippen molar-refractivity contribution in [1.82, 2.24) is 10.2 Å². The number of aliphatic imine (C=N–C) groups is 1. The molecular formula is C18H30IN3O3. The first kappa shape index (κ1) is 21.8. The highest BCUT2D eigenvalue weighted by Gasteiger charge is 2.21. The zero-order valence-electron chi connectivity index (χ0n) is 15.4. The zero-order chi connectivity index (χ0) is 17.2. The molecule has 1 saturated carbocycles. The van der Waals surface area contributed by atoms with Gasteiger partial charge in [0.2, 0.25) is 0 Å². The molecule has 1 aliphatic carbocycles. The number of guanidine groups is 1. The monoisotopic (exact) mass is 463 g/mol. The minimum Gasteiger partial charge on any atom is -0.497 e. The van der Waals surface area contributed by atoms with E-state index in [-0.39, 0.29) is 24.0 Å². The molecule has 0 aromatic heterocycles. The molecule has 0 bridgehead atoms. The SMILES string of the molecule is CN=C(NCCOc1cccc(OC)c1)N(C)CCOCC1CC1.I. The van der Waals surface area contributed by atoms with Crippen LogP contribution in [0.2, 0.25) is 0 Å². The predicted molar refractivity (Wildman–Crippen MR) is 111 cm³/mol. The Morgan fingerprint density at radius 1 is 1.28 bits per heavy atom. The summed E-state index contributed by atoms with van der Waals surface area (Å²) < 4.78 is 16.6. The van der Waals surface area contributed by atoms with Crippen LogP contribution >= 0.6 is 24.0 Å². The summed E-state index contributed by atoms with van der Waals surface area (Å²) in [4.78, 5) is 6.35. The largest absolute Gasteiger partial charge is 0.497 e. The van der Waals surface area contributed by atoms with E-state index in [4.69, 9.17) is 14.2 Å². The molecule has 0 spiro atoms. The molecule has 1 aliphatic rings. The number of hydrogen-bond acceptors (Lipinski definition) is 4. The van der Waals surface area contributed by atoms with Gasteiger partial charge >= 0.3 is 0 Å². The summed E-state index contributed by atoms with van der Waals surface area (Å²) >= 11 is 0. The Kier molecular flexibility index (Phi) is 10.6. The molecule has 0 amide bonds. The normalized spacial score (nSPS) is 13.8. The van der Waals surface area contributed by atoms with Crippen LogP contribution in [0.3, 0.4) is 0 Å². The average molecular weight is 463 g/mol. The first-order chi connectivity index (χ1) is 11.7. The molecule has 1 aromatic carbocycles. The molecule has 1 N–H and O–H groups in total. The average Bonchev–Trinajstić information content (AvgIpc) is 3.43. The Balaban J connectivity index is 0.00000312. The smallest absolute Gasteiger partial charge is 0.193 e. The van der Waals surface area contributed by atoms with Gasteiger partial charge in [0.25, 0.3) is 0 Å². The summed E-state index contributed by atoms with van der Waals surface area (Å²) in [5, 5.41) is 3.29. The van der Waals surface area contributed by atoms with E-state index in [9.17, 15) is 0 Å². The van der Waals surface area contributed by atoms with Gasteiger partial charge in [0.15, 0.2) is 5.96 Å². The van der Waals surface area contributed by atoms with E-state index in [2.05, 4.69) is 15.2 Å². The molecule has 0 atom stereocenters. The number of rotatable bonds is 10. The minimum absolute atomic E-state index is 0. The van der Waals surface area contributed by atoms with E-state index in [1.54, 1.807) is 14.2 Å². The maximum absolute atomic E-state index is 5.71. The number of benzene rings is 1. The molecule has 1 aromatic rings. The van der Waals surface area contributed by atoms with Crippen LogP contribution in [0.1, 0.15) is 12.8 Å². The van der Waals surface area contributed by atoms with Crippen LogP contribution in [0.5, 0.6) is 11.5 Å². The van der Waals surface area contributed by atoms with Crippen LogP contribution in [0.4, 0.5) is 0 Å². The highest BCUT2D eigenvalue weighted by Crippen LogP contribution is 2.28. The van der Waals surface area contributed by atoms with Gasteiger partial charge in [-0.25, -0.2) is 0 Å². The molecule has 142 valence electrons. The van der Waals surface area contributed by atoms with Gasteiger partial charge in [0.05, 0.1) is 20.3 Å². The van der Waals surface area contributed by atoms with E-state index in [1.807, 2.05) is 31.3 Å². The topological polar surface area (TPSA) is 55.3 Å². The fourth-order valence-electron chi connectivity index (χ4n) is 2.25. The van der Waals surface area contributed by atoms with Crippen LogP contribution in [0, 0.1) is 5.92 Å². The Morgan fingerprint density at radius 3 is 2.72 bits per heavy atom. The summed E-state index contributed by atoms with van der Waals surface area (Å²) in [6, 6.07) is 7.60. The molecule has 7 heteroatoms. The molecule has 0 unspecified atom stereocenters. The molecular weight excluding hydrogens is 433 g/mol. The van der Waals surface area contributed by atoms with E-state index < -0.39 is 0 Å². The van der Waals surface area contributed by atoms with Gasteiger partial charge in [-0.1, -0.05) is 6.07 Å². The van der Waals surface area contributed by atoms with Crippen molar-refractivity contribution >= 4 is 29.9 Å². The van der Waals surface area contributed by atoms with Crippen molar-refractivity contribution in [3.05, 3.63) is 24.3 Å². The predicted octanol–water partition coefficient (Wildman–Crippen LogP) is 2.63. The van der Waals surface area contributed by atoms with Crippen molar-refractivity contribution in [3.8, 4) is 11.5 Å². The van der Waals surface area contributed by atoms with Gasteiger partial charge in [-0.15, -0.1) is 24.0 Å². The van der Waals surface area contributed by atoms with Gasteiger partial charge in [-0.3, -0.25) is 4.99 Å². The second kappa shape index (κ2) is 12.2. The zero-order valence-corrected chi connectivity index (χ0v) is 17.7. The Labute approximate surface area is 167 Å². The number of ether oxygens (including phenoxy) is 3. The summed E-state index contributed by atoms with van der Waals surface area (Å²) in [5.74, 6) is 3.25. The molecule has 0 radical (unpaired) electrons. The van der Waals surface area contributed by atoms with Crippen LogP contribution in [-0.2, 0) is 4.74 Å². The molecule has 25 heavy (non-hydrogen) atoms. The second-order valence-corrected chi connectivity index (χ2v) is 5.94. The van der Waals surface area contributed by atoms with Crippen LogP contribution in [-0.4, -0.2) is 65.0 Å². The van der Waals surface area contributed by atoms with Gasteiger partial charge in [-0.05, 0) is 30.9 Å². The van der Waals surface area contributed by atoms with Crippen molar-refractivity contribution in [1.29, 1.82) is 0 Å². The van der Waals surface area contributed by atoms with Gasteiger partial charge < -0.3 is 24.4 Å². The number of hydrogen-bond donors (Lipinski definition) is 1. The molecule has 6 nitrogen and oxygen atoms in total. The number of nitrogens with one attached hydrogen (secondary N) is 1. The third-order valence-electron chi connectivity index (χ3n) is 3.89. The standard InChI is InChI=1S/C18H29N3O3.HI/c1-19-18(21(2)10-12-23-14-15-7-8-15)20-9-11-24-17-6-4-5-16(13-17)22-3;/h4-6,13,15H,7-12,14H2,1-3H3,(H,19,20);1H. The summed E-state index contributed by atoms with van der Waals surface area (Å²) in [6.07, 6.45) is 2.65. The maximum atomic E-state index is 5.71. The summed E-state index contributed by atoms with van der Waals surface area (Å²) in [5.41, 5.74) is 0. The minimum atomic E-state index is 0. The van der Waals surface area contributed by atoms with E-state index in [1.165, 1.54) is 12.8 Å². The Morgan fingerprint density at radius 2 is 2.04 bits per heavy atom. The van der Waals surface area contributed by atoms with Gasteiger partial charge in [0.1, 0.15) is 18.1 Å². The van der Waals surface area contributed by atoms with Crippen molar-refractivity contribution < 1.29 is 14.2 Å². The third-order valence-corrected chi connectivity index (χ3v) is 3.89. The molecule has 0 heterocycles. The lowest BCUT2D eigenvalue weighted by Crippen LogP contribution is -2.42. The Hall–Kier alpha value is -1.22. The summed E-state index contributed by atoms with van der Waals surface area (Å²) in [6.45, 7) is 3.68. The van der Waals surface area contributed by atoms with Crippen molar-refractivity contribution in [2.45, 2.75) is 12.8 Å². The number of methoxy groups -OCH3 is 1. The highest BCUT2D eigenvalue weighted by molar-refractivity contribution is 14.0. The quantitative estimate of drug-likeness (QED) is 0.250. The number of likely N-dealkylation sites (N-methyl/N-ethyl adjacent to an activating group) is 1. The van der Waals surface area contributed by atoms with E-state index in [0.29, 0.717) is 13.2 Å². The first-order valence-corrected chi connectivity index (χ1v) is 8.49. The molecule has 2 rings (SSSR count). The lowest BCUT2D eigenvalue weighted by Gasteiger charge is -2.22. The third kappa shape index (κ3) is 8.62. The summed E-state index contributed by atoms with van der Waals surface area (Å²) in [7, 11) is 5.44. The van der Waals surface area contributed by atoms with Crippen molar-refractivity contribution in [2.24, 2.45) is 10.9 Å². The highest BCUT2D eigenvalue weighted by atomic mass is 127. The number of nitrogens with zero attached hydrogens (tertiary/aromatic N) is 2. The lowest BCUT2D eigenvalue weighted by molar-refractivity contribution is 0.115.